The van der Waals surface area contributed by atoms with E-state index in [1.54, 1.807) is 0 Å². The van der Waals surface area contributed by atoms with Crippen LogP contribution in [0.3, 0.4) is 0 Å². The van der Waals surface area contributed by atoms with Gasteiger partial charge < -0.3 is 9.72 Å². The van der Waals surface area contributed by atoms with Crippen LogP contribution in [-0.2, 0) is 4.74 Å². The van der Waals surface area contributed by atoms with Crippen LogP contribution >= 0.6 is 0 Å². The highest BCUT2D eigenvalue weighted by Gasteiger charge is 2.29. The number of fused-ring (bicyclic) bond motifs is 3. The molecule has 3 aromatic rings. The molecule has 0 saturated heterocycles. The summed E-state index contributed by atoms with van der Waals surface area (Å²) in [4.78, 5) is 36.2. The van der Waals surface area contributed by atoms with Crippen LogP contribution in [-0.4, -0.2) is 22.6 Å². The van der Waals surface area contributed by atoms with Gasteiger partial charge in [0.1, 0.15) is 12.3 Å². The number of benzene rings is 2. The molecule has 1 aliphatic rings. The van der Waals surface area contributed by atoms with Crippen LogP contribution < -0.4 is 10.9 Å². The summed E-state index contributed by atoms with van der Waals surface area (Å²) < 4.78 is 5.33. The Morgan fingerprint density at radius 2 is 1.68 bits per heavy atom. The van der Waals surface area contributed by atoms with Gasteiger partial charge in [0, 0.05) is 12.1 Å². The number of carbonyl (C=O) groups excluding carboxylic acids is 1. The molecule has 1 aliphatic carbocycles. The highest BCUT2D eigenvalue weighted by molar-refractivity contribution is 5.87. The van der Waals surface area contributed by atoms with E-state index in [0.717, 1.165) is 22.3 Å². The van der Waals surface area contributed by atoms with E-state index in [9.17, 15) is 19.7 Å². The van der Waals surface area contributed by atoms with Crippen LogP contribution in [0.2, 0.25) is 0 Å². The zero-order valence-corrected chi connectivity index (χ0v) is 14.5. The molecular weight excluding hydrogens is 362 g/mol. The smallest absolute Gasteiger partial charge is 0.411 e. The van der Waals surface area contributed by atoms with Crippen molar-refractivity contribution in [1.82, 2.24) is 4.98 Å². The van der Waals surface area contributed by atoms with Crippen molar-refractivity contribution in [1.29, 1.82) is 0 Å². The summed E-state index contributed by atoms with van der Waals surface area (Å²) in [6, 6.07) is 17.0. The number of pyridine rings is 1. The first kappa shape index (κ1) is 17.5. The lowest BCUT2D eigenvalue weighted by atomic mass is 9.98. The van der Waals surface area contributed by atoms with Gasteiger partial charge in [0.05, 0.1) is 4.92 Å². The fourth-order valence-corrected chi connectivity index (χ4v) is 3.50. The molecule has 0 fully saturated rings. The number of aromatic amines is 1. The molecule has 0 radical (unpaired) electrons. The van der Waals surface area contributed by atoms with E-state index in [2.05, 4.69) is 10.3 Å². The van der Waals surface area contributed by atoms with E-state index in [0.29, 0.717) is 0 Å². The number of amides is 1. The number of carbonyl (C=O) groups is 1. The van der Waals surface area contributed by atoms with Gasteiger partial charge in [-0.1, -0.05) is 48.5 Å². The van der Waals surface area contributed by atoms with E-state index in [1.165, 1.54) is 12.3 Å². The van der Waals surface area contributed by atoms with Crippen molar-refractivity contribution < 1.29 is 14.5 Å². The summed E-state index contributed by atoms with van der Waals surface area (Å²) in [5.74, 6) is -0.132. The standard InChI is InChI=1S/C20H15N3O5/c24-19-18(23(26)27)17(9-10-21-19)22-20(25)28-11-16-14-7-3-1-5-12(14)13-6-2-4-8-15(13)16/h1-10,16H,11H2,(H2,21,22,24,25). The third-order valence-electron chi connectivity index (χ3n) is 4.70. The van der Waals surface area contributed by atoms with Crippen LogP contribution in [0.15, 0.2) is 65.6 Å². The van der Waals surface area contributed by atoms with E-state index in [1.807, 2.05) is 48.5 Å². The fourth-order valence-electron chi connectivity index (χ4n) is 3.50. The highest BCUT2D eigenvalue weighted by Crippen LogP contribution is 2.44. The van der Waals surface area contributed by atoms with Crippen LogP contribution in [0, 0.1) is 10.1 Å². The minimum Gasteiger partial charge on any atom is -0.448 e. The molecule has 0 aliphatic heterocycles. The second kappa shape index (κ2) is 6.99. The minimum atomic E-state index is -0.901. The van der Waals surface area contributed by atoms with Crippen molar-refractivity contribution in [3.05, 3.63) is 92.4 Å². The van der Waals surface area contributed by atoms with Crippen molar-refractivity contribution in [3.8, 4) is 11.1 Å². The van der Waals surface area contributed by atoms with Crippen molar-refractivity contribution in [2.24, 2.45) is 0 Å². The highest BCUT2D eigenvalue weighted by atomic mass is 16.6. The zero-order chi connectivity index (χ0) is 19.7. The Morgan fingerprint density at radius 1 is 1.07 bits per heavy atom. The molecule has 0 atom stereocenters. The van der Waals surface area contributed by atoms with Gasteiger partial charge in [-0.05, 0) is 28.3 Å². The van der Waals surface area contributed by atoms with Gasteiger partial charge >= 0.3 is 17.3 Å². The Bertz CT molecular complexity index is 1090. The molecule has 8 nitrogen and oxygen atoms in total. The molecule has 8 heteroatoms. The predicted octanol–water partition coefficient (Wildman–Crippen LogP) is 3.64. The lowest BCUT2D eigenvalue weighted by Gasteiger charge is -2.14. The van der Waals surface area contributed by atoms with Gasteiger partial charge in [-0.2, -0.15) is 0 Å². The molecule has 1 aromatic heterocycles. The van der Waals surface area contributed by atoms with Gasteiger partial charge in [-0.3, -0.25) is 20.2 Å². The lowest BCUT2D eigenvalue weighted by Crippen LogP contribution is -2.21. The van der Waals surface area contributed by atoms with Gasteiger partial charge in [-0.25, -0.2) is 4.79 Å². The second-order valence-electron chi connectivity index (χ2n) is 6.28. The third-order valence-corrected chi connectivity index (χ3v) is 4.70. The summed E-state index contributed by atoms with van der Waals surface area (Å²) in [7, 11) is 0. The molecule has 0 spiro atoms. The van der Waals surface area contributed by atoms with E-state index >= 15 is 0 Å². The average Bonchev–Trinajstić information content (AvgIpc) is 3.00. The first-order valence-electron chi connectivity index (χ1n) is 8.54. The average molecular weight is 377 g/mol. The molecule has 2 aromatic carbocycles. The number of nitro groups is 1. The summed E-state index contributed by atoms with van der Waals surface area (Å²) in [6.45, 7) is 0.0663. The number of rotatable bonds is 4. The van der Waals surface area contributed by atoms with Crippen molar-refractivity contribution in [2.75, 3.05) is 11.9 Å². The molecule has 2 N–H and O–H groups in total. The third kappa shape index (κ3) is 3.01. The molecule has 0 bridgehead atoms. The Kier molecular flexibility index (Phi) is 4.36. The number of hydrogen-bond acceptors (Lipinski definition) is 5. The SMILES string of the molecule is O=C(Nc1cc[nH]c(=O)c1[N+](=O)[O-])OCC1c2ccccc2-c2ccccc21. The Morgan fingerprint density at radius 3 is 2.29 bits per heavy atom. The van der Waals surface area contributed by atoms with Crippen molar-refractivity contribution in [3.63, 3.8) is 0 Å². The number of nitrogens with zero attached hydrogens (tertiary/aromatic N) is 1. The van der Waals surface area contributed by atoms with Gasteiger partial charge in [0.15, 0.2) is 0 Å². The van der Waals surface area contributed by atoms with Crippen LogP contribution in [0.25, 0.3) is 11.1 Å². The maximum atomic E-state index is 12.2. The largest absolute Gasteiger partial charge is 0.448 e. The maximum absolute atomic E-state index is 12.2. The monoisotopic (exact) mass is 377 g/mol. The molecule has 4 rings (SSSR count). The van der Waals surface area contributed by atoms with Gasteiger partial charge in [-0.15, -0.1) is 0 Å². The number of H-pyrrole nitrogens is 1. The number of anilines is 1. The van der Waals surface area contributed by atoms with Gasteiger partial charge in [0.2, 0.25) is 0 Å². The number of aromatic nitrogens is 1. The Balaban J connectivity index is 1.53. The molecule has 140 valence electrons. The van der Waals surface area contributed by atoms with Crippen molar-refractivity contribution >= 4 is 17.5 Å². The first-order chi connectivity index (χ1) is 13.6. The Labute approximate surface area is 158 Å². The first-order valence-corrected chi connectivity index (χ1v) is 8.54. The summed E-state index contributed by atoms with van der Waals surface area (Å²) in [5, 5.41) is 13.3. The van der Waals surface area contributed by atoms with Crippen molar-refractivity contribution in [2.45, 2.75) is 5.92 Å². The number of nitrogens with one attached hydrogen (secondary N) is 2. The topological polar surface area (TPSA) is 114 Å². The molecular formula is C20H15N3O5. The quantitative estimate of drug-likeness (QED) is 0.532. The van der Waals surface area contributed by atoms with E-state index < -0.39 is 22.3 Å². The van der Waals surface area contributed by atoms with E-state index in [-0.39, 0.29) is 18.2 Å². The van der Waals surface area contributed by atoms with Crippen LogP contribution in [0.1, 0.15) is 17.0 Å². The fraction of sp³-hybridized carbons (Fsp3) is 0.100. The molecule has 28 heavy (non-hydrogen) atoms. The molecule has 0 unspecified atom stereocenters. The van der Waals surface area contributed by atoms with Crippen LogP contribution in [0.4, 0.5) is 16.2 Å². The lowest BCUT2D eigenvalue weighted by molar-refractivity contribution is -0.385. The Hall–Kier alpha value is -3.94. The number of ether oxygens (including phenoxy) is 1. The summed E-state index contributed by atoms with van der Waals surface area (Å²) >= 11 is 0. The second-order valence-corrected chi connectivity index (χ2v) is 6.28. The zero-order valence-electron chi connectivity index (χ0n) is 14.5. The van der Waals surface area contributed by atoms with E-state index in [4.69, 9.17) is 4.74 Å². The van der Waals surface area contributed by atoms with Gasteiger partial charge in [0.25, 0.3) is 0 Å². The van der Waals surface area contributed by atoms with Crippen LogP contribution in [0.5, 0.6) is 0 Å². The molecule has 1 heterocycles. The minimum absolute atomic E-state index is 0.0663. The molecule has 0 saturated carbocycles. The summed E-state index contributed by atoms with van der Waals surface area (Å²) in [6.07, 6.45) is 0.351. The predicted molar refractivity (Wildman–Crippen MR) is 102 cm³/mol. The molecule has 1 amide bonds. The maximum Gasteiger partial charge on any atom is 0.411 e. The summed E-state index contributed by atoms with van der Waals surface area (Å²) in [5.41, 5.74) is 2.44. The normalized spacial score (nSPS) is 12.1. The number of hydrogen-bond donors (Lipinski definition) is 2.